The maximum Gasteiger partial charge on any atom is 0.0818 e. The average molecular weight is 283 g/mol. The molecule has 0 aromatic heterocycles. The van der Waals surface area contributed by atoms with Crippen LogP contribution in [0.1, 0.15) is 49.3 Å². The maximum absolute atomic E-state index is 10.3. The lowest BCUT2D eigenvalue weighted by Crippen LogP contribution is -2.15. The molecule has 1 saturated carbocycles. The van der Waals surface area contributed by atoms with Gasteiger partial charge in [-0.25, -0.2) is 0 Å². The number of aryl methyl sites for hydroxylation is 1. The predicted molar refractivity (Wildman–Crippen MR) is 70.4 cm³/mol. The number of halogens is 1. The summed E-state index contributed by atoms with van der Waals surface area (Å²) in [5.74, 6) is 0.461. The van der Waals surface area contributed by atoms with E-state index in [0.717, 1.165) is 10.0 Å². The van der Waals surface area contributed by atoms with Crippen molar-refractivity contribution in [2.24, 2.45) is 5.92 Å². The van der Waals surface area contributed by atoms with Crippen molar-refractivity contribution in [3.05, 3.63) is 33.8 Å². The molecule has 88 valence electrons. The summed E-state index contributed by atoms with van der Waals surface area (Å²) in [6, 6.07) is 6.19. The maximum atomic E-state index is 10.3. The first kappa shape index (κ1) is 12.1. The Labute approximate surface area is 106 Å². The Morgan fingerprint density at radius 3 is 2.56 bits per heavy atom. The van der Waals surface area contributed by atoms with Crippen molar-refractivity contribution < 1.29 is 5.11 Å². The number of hydrogen-bond donors (Lipinski definition) is 1. The first-order chi connectivity index (χ1) is 7.68. The zero-order valence-electron chi connectivity index (χ0n) is 9.75. The lowest BCUT2D eigenvalue weighted by molar-refractivity contribution is 0.0848. The van der Waals surface area contributed by atoms with E-state index in [-0.39, 0.29) is 6.10 Å². The molecule has 0 heterocycles. The first-order valence-electron chi connectivity index (χ1n) is 6.12. The number of aliphatic hydroxyl groups excluding tert-OH is 1. The van der Waals surface area contributed by atoms with Crippen LogP contribution in [0.3, 0.4) is 0 Å². The second-order valence-corrected chi connectivity index (χ2v) is 5.71. The van der Waals surface area contributed by atoms with Gasteiger partial charge in [-0.3, -0.25) is 0 Å². The van der Waals surface area contributed by atoms with Gasteiger partial charge in [0, 0.05) is 4.47 Å². The van der Waals surface area contributed by atoms with Crippen LogP contribution in [0.4, 0.5) is 0 Å². The second-order valence-electron chi connectivity index (χ2n) is 4.85. The molecule has 2 heteroatoms. The summed E-state index contributed by atoms with van der Waals surface area (Å²) in [5, 5.41) is 10.3. The van der Waals surface area contributed by atoms with Gasteiger partial charge in [0.15, 0.2) is 0 Å². The lowest BCUT2D eigenvalue weighted by atomic mass is 9.83. The Bertz CT molecular complexity index is 356. The fourth-order valence-electron chi connectivity index (χ4n) is 2.52. The molecular weight excluding hydrogens is 264 g/mol. The highest BCUT2D eigenvalue weighted by molar-refractivity contribution is 9.10. The molecule has 0 aliphatic heterocycles. The lowest BCUT2D eigenvalue weighted by Gasteiger charge is -2.27. The summed E-state index contributed by atoms with van der Waals surface area (Å²) in [6.07, 6.45) is 5.95. The molecule has 1 atom stereocenters. The molecule has 0 radical (unpaired) electrons. The van der Waals surface area contributed by atoms with E-state index in [1.165, 1.54) is 37.7 Å². The smallest absolute Gasteiger partial charge is 0.0818 e. The third-order valence-corrected chi connectivity index (χ3v) is 4.49. The fraction of sp³-hybridized carbons (Fsp3) is 0.571. The van der Waals surface area contributed by atoms with Crippen LogP contribution in [0.2, 0.25) is 0 Å². The fourth-order valence-corrected chi connectivity index (χ4v) is 2.91. The van der Waals surface area contributed by atoms with Crippen LogP contribution in [0, 0.1) is 12.8 Å². The van der Waals surface area contributed by atoms with Gasteiger partial charge in [0.05, 0.1) is 6.10 Å². The SMILES string of the molecule is Cc1ccc(C(O)C2CCCCC2)cc1Br. The zero-order chi connectivity index (χ0) is 11.5. The largest absolute Gasteiger partial charge is 0.388 e. The molecular formula is C14H19BrO. The summed E-state index contributed by atoms with van der Waals surface area (Å²) < 4.78 is 1.10. The van der Waals surface area contributed by atoms with Gasteiger partial charge in [0.2, 0.25) is 0 Å². The highest BCUT2D eigenvalue weighted by Crippen LogP contribution is 2.35. The molecule has 1 aromatic rings. The van der Waals surface area contributed by atoms with Crippen LogP contribution >= 0.6 is 15.9 Å². The third-order valence-electron chi connectivity index (χ3n) is 3.63. The molecule has 1 aromatic carbocycles. The minimum Gasteiger partial charge on any atom is -0.388 e. The van der Waals surface area contributed by atoms with Gasteiger partial charge in [0.1, 0.15) is 0 Å². The van der Waals surface area contributed by atoms with E-state index in [9.17, 15) is 5.11 Å². The third kappa shape index (κ3) is 2.67. The normalized spacial score (nSPS) is 19.7. The standard InChI is InChI=1S/C14H19BrO/c1-10-7-8-12(9-13(10)15)14(16)11-5-3-2-4-6-11/h7-9,11,14,16H,2-6H2,1H3. The summed E-state index contributed by atoms with van der Waals surface area (Å²) in [4.78, 5) is 0. The summed E-state index contributed by atoms with van der Waals surface area (Å²) in [5.41, 5.74) is 2.28. The van der Waals surface area contributed by atoms with Crippen molar-refractivity contribution in [1.82, 2.24) is 0 Å². The summed E-state index contributed by atoms with van der Waals surface area (Å²) in [6.45, 7) is 2.07. The van der Waals surface area contributed by atoms with Crippen LogP contribution in [0.15, 0.2) is 22.7 Å². The Morgan fingerprint density at radius 2 is 1.94 bits per heavy atom. The average Bonchev–Trinajstić information content (AvgIpc) is 2.33. The molecule has 1 nitrogen and oxygen atoms in total. The van der Waals surface area contributed by atoms with E-state index in [2.05, 4.69) is 41.1 Å². The van der Waals surface area contributed by atoms with Crippen molar-refractivity contribution in [1.29, 1.82) is 0 Å². The number of hydrogen-bond acceptors (Lipinski definition) is 1. The van der Waals surface area contributed by atoms with Crippen molar-refractivity contribution in [3.63, 3.8) is 0 Å². The Kier molecular flexibility index (Phi) is 4.04. The van der Waals surface area contributed by atoms with E-state index in [4.69, 9.17) is 0 Å². The highest BCUT2D eigenvalue weighted by Gasteiger charge is 2.23. The number of aliphatic hydroxyl groups is 1. The molecule has 1 aliphatic rings. The molecule has 0 amide bonds. The van der Waals surface area contributed by atoms with Crippen LogP contribution in [0.5, 0.6) is 0 Å². The molecule has 1 N–H and O–H groups in total. The molecule has 1 unspecified atom stereocenters. The molecule has 0 spiro atoms. The van der Waals surface area contributed by atoms with Crippen molar-refractivity contribution in [3.8, 4) is 0 Å². The van der Waals surface area contributed by atoms with Crippen LogP contribution in [0.25, 0.3) is 0 Å². The molecule has 1 fully saturated rings. The highest BCUT2D eigenvalue weighted by atomic mass is 79.9. The second kappa shape index (κ2) is 5.33. The monoisotopic (exact) mass is 282 g/mol. The number of benzene rings is 1. The van der Waals surface area contributed by atoms with E-state index in [0.29, 0.717) is 5.92 Å². The summed E-state index contributed by atoms with van der Waals surface area (Å²) >= 11 is 3.53. The quantitative estimate of drug-likeness (QED) is 0.854. The van der Waals surface area contributed by atoms with E-state index >= 15 is 0 Å². The molecule has 0 saturated heterocycles. The number of rotatable bonds is 2. The van der Waals surface area contributed by atoms with Gasteiger partial charge in [0.25, 0.3) is 0 Å². The van der Waals surface area contributed by atoms with E-state index < -0.39 is 0 Å². The van der Waals surface area contributed by atoms with Gasteiger partial charge in [-0.1, -0.05) is 47.3 Å². The van der Waals surface area contributed by atoms with Gasteiger partial charge in [-0.05, 0) is 42.9 Å². The van der Waals surface area contributed by atoms with E-state index in [1.54, 1.807) is 0 Å². The van der Waals surface area contributed by atoms with Gasteiger partial charge >= 0.3 is 0 Å². The van der Waals surface area contributed by atoms with Crippen molar-refractivity contribution in [2.45, 2.75) is 45.1 Å². The molecule has 16 heavy (non-hydrogen) atoms. The Balaban J connectivity index is 2.12. The van der Waals surface area contributed by atoms with Crippen LogP contribution in [-0.4, -0.2) is 5.11 Å². The van der Waals surface area contributed by atoms with Gasteiger partial charge < -0.3 is 5.11 Å². The Morgan fingerprint density at radius 1 is 1.25 bits per heavy atom. The molecule has 1 aliphatic carbocycles. The van der Waals surface area contributed by atoms with Crippen LogP contribution in [-0.2, 0) is 0 Å². The van der Waals surface area contributed by atoms with Crippen molar-refractivity contribution in [2.75, 3.05) is 0 Å². The zero-order valence-corrected chi connectivity index (χ0v) is 11.3. The van der Waals surface area contributed by atoms with Crippen LogP contribution < -0.4 is 0 Å². The predicted octanol–water partition coefficient (Wildman–Crippen LogP) is 4.37. The van der Waals surface area contributed by atoms with Gasteiger partial charge in [-0.15, -0.1) is 0 Å². The topological polar surface area (TPSA) is 20.2 Å². The minimum absolute atomic E-state index is 0.280. The van der Waals surface area contributed by atoms with Gasteiger partial charge in [-0.2, -0.15) is 0 Å². The molecule has 0 bridgehead atoms. The minimum atomic E-state index is -0.280. The van der Waals surface area contributed by atoms with E-state index in [1.807, 2.05) is 0 Å². The first-order valence-corrected chi connectivity index (χ1v) is 6.92. The Hall–Kier alpha value is -0.340. The summed E-state index contributed by atoms with van der Waals surface area (Å²) in [7, 11) is 0. The van der Waals surface area contributed by atoms with Crippen molar-refractivity contribution >= 4 is 15.9 Å². The molecule has 2 rings (SSSR count).